The highest BCUT2D eigenvalue weighted by atomic mass is 79.9. The largest absolute Gasteiger partial charge is 0.277 e. The molecule has 0 unspecified atom stereocenters. The van der Waals surface area contributed by atoms with Crippen molar-refractivity contribution in [1.29, 1.82) is 0 Å². The van der Waals surface area contributed by atoms with Gasteiger partial charge in [0.2, 0.25) is 0 Å². The lowest BCUT2D eigenvalue weighted by atomic mass is 10.3. The van der Waals surface area contributed by atoms with Crippen LogP contribution in [0.15, 0.2) is 28.9 Å². The minimum Gasteiger partial charge on any atom is -0.277 e. The lowest BCUT2D eigenvalue weighted by Crippen LogP contribution is -2.03. The maximum absolute atomic E-state index is 13.4. The van der Waals surface area contributed by atoms with Crippen LogP contribution in [0.1, 0.15) is 11.4 Å². The van der Waals surface area contributed by atoms with Crippen molar-refractivity contribution in [2.75, 3.05) is 0 Å². The summed E-state index contributed by atoms with van der Waals surface area (Å²) in [6, 6.07) is 4.51. The molecule has 0 aliphatic rings. The van der Waals surface area contributed by atoms with Gasteiger partial charge in [0.1, 0.15) is 17.2 Å². The van der Waals surface area contributed by atoms with Crippen molar-refractivity contribution in [1.82, 2.24) is 14.5 Å². The maximum atomic E-state index is 13.4. The number of hydrogen-bond acceptors (Lipinski definition) is 2. The Balaban J connectivity index is 2.39. The Morgan fingerprint density at radius 2 is 2.10 bits per heavy atom. The molecule has 0 radical (unpaired) electrons. The first-order valence-corrected chi connectivity index (χ1v) is 7.76. The van der Waals surface area contributed by atoms with Gasteiger partial charge in [-0.25, -0.2) is 14.4 Å². The van der Waals surface area contributed by atoms with Gasteiger partial charge in [-0.3, -0.25) is 4.57 Å². The number of nitrogens with zero attached hydrogens (tertiary/aromatic N) is 3. The predicted molar refractivity (Wildman–Crippen MR) is 85.8 cm³/mol. The molecule has 0 saturated heterocycles. The molecule has 108 valence electrons. The van der Waals surface area contributed by atoms with Gasteiger partial charge in [0.15, 0.2) is 5.65 Å². The Bertz CT molecular complexity index is 825. The van der Waals surface area contributed by atoms with E-state index in [4.69, 9.17) is 23.2 Å². The van der Waals surface area contributed by atoms with Crippen LogP contribution < -0.4 is 0 Å². The van der Waals surface area contributed by atoms with Crippen molar-refractivity contribution < 1.29 is 4.39 Å². The molecule has 1 aromatic carbocycles. The number of fused-ring (bicyclic) bond motifs is 1. The van der Waals surface area contributed by atoms with E-state index >= 15 is 0 Å². The SMILES string of the molecule is Cc1cnc2c(c1)nc(CCl)n2-c1c(Cl)cc(F)cc1Br. The molecule has 7 heteroatoms. The van der Waals surface area contributed by atoms with Gasteiger partial charge in [0, 0.05) is 10.7 Å². The Morgan fingerprint density at radius 3 is 2.76 bits per heavy atom. The molecule has 0 aliphatic heterocycles. The van der Waals surface area contributed by atoms with Gasteiger partial charge in [-0.1, -0.05) is 11.6 Å². The van der Waals surface area contributed by atoms with Gasteiger partial charge in [0.05, 0.1) is 16.6 Å². The molecule has 21 heavy (non-hydrogen) atoms. The van der Waals surface area contributed by atoms with Crippen molar-refractivity contribution >= 4 is 50.3 Å². The van der Waals surface area contributed by atoms with Crippen LogP contribution in [0.2, 0.25) is 5.02 Å². The van der Waals surface area contributed by atoms with Crippen LogP contribution in [-0.2, 0) is 5.88 Å². The average molecular weight is 389 g/mol. The normalized spacial score (nSPS) is 11.3. The smallest absolute Gasteiger partial charge is 0.164 e. The first-order valence-electron chi connectivity index (χ1n) is 6.06. The molecule has 0 bridgehead atoms. The van der Waals surface area contributed by atoms with E-state index in [-0.39, 0.29) is 10.9 Å². The van der Waals surface area contributed by atoms with Crippen LogP contribution in [0.3, 0.4) is 0 Å². The van der Waals surface area contributed by atoms with Crippen LogP contribution in [0.25, 0.3) is 16.9 Å². The van der Waals surface area contributed by atoms with E-state index in [1.165, 1.54) is 12.1 Å². The number of aromatic nitrogens is 3. The zero-order chi connectivity index (χ0) is 15.1. The quantitative estimate of drug-likeness (QED) is 0.577. The second-order valence-corrected chi connectivity index (χ2v) is 6.10. The highest BCUT2D eigenvalue weighted by molar-refractivity contribution is 9.10. The molecule has 0 N–H and O–H groups in total. The second kappa shape index (κ2) is 5.55. The van der Waals surface area contributed by atoms with Crippen LogP contribution in [0.5, 0.6) is 0 Å². The van der Waals surface area contributed by atoms with E-state index in [0.29, 0.717) is 21.6 Å². The van der Waals surface area contributed by atoms with Crippen LogP contribution >= 0.6 is 39.1 Å². The zero-order valence-electron chi connectivity index (χ0n) is 10.9. The summed E-state index contributed by atoms with van der Waals surface area (Å²) in [5.74, 6) is 0.366. The summed E-state index contributed by atoms with van der Waals surface area (Å²) < 4.78 is 15.7. The Hall–Kier alpha value is -1.17. The minimum atomic E-state index is -0.420. The number of halogens is 4. The topological polar surface area (TPSA) is 30.7 Å². The monoisotopic (exact) mass is 387 g/mol. The van der Waals surface area contributed by atoms with Crippen molar-refractivity contribution in [3.05, 3.63) is 51.1 Å². The van der Waals surface area contributed by atoms with E-state index in [9.17, 15) is 4.39 Å². The number of aryl methyl sites for hydroxylation is 1. The van der Waals surface area contributed by atoms with Crippen molar-refractivity contribution in [2.24, 2.45) is 0 Å². The van der Waals surface area contributed by atoms with Gasteiger partial charge >= 0.3 is 0 Å². The molecule has 3 nitrogen and oxygen atoms in total. The molecular weight excluding hydrogens is 380 g/mol. The van der Waals surface area contributed by atoms with Crippen LogP contribution in [0.4, 0.5) is 4.39 Å². The fraction of sp³-hybridized carbons (Fsp3) is 0.143. The number of benzene rings is 1. The Morgan fingerprint density at radius 1 is 1.33 bits per heavy atom. The van der Waals surface area contributed by atoms with E-state index in [1.54, 1.807) is 10.8 Å². The van der Waals surface area contributed by atoms with Gasteiger partial charge in [-0.05, 0) is 46.6 Å². The van der Waals surface area contributed by atoms with Crippen LogP contribution in [0, 0.1) is 12.7 Å². The third kappa shape index (κ3) is 2.54. The summed E-state index contributed by atoms with van der Waals surface area (Å²) in [4.78, 5) is 8.87. The number of alkyl halides is 1. The summed E-state index contributed by atoms with van der Waals surface area (Å²) in [5.41, 5.74) is 2.92. The molecule has 2 heterocycles. The molecule has 0 amide bonds. The number of pyridine rings is 1. The van der Waals surface area contributed by atoms with E-state index in [1.807, 2.05) is 13.0 Å². The second-order valence-electron chi connectivity index (χ2n) is 4.57. The van der Waals surface area contributed by atoms with E-state index in [0.717, 1.165) is 11.1 Å². The Labute approximate surface area is 138 Å². The average Bonchev–Trinajstić information content (AvgIpc) is 2.75. The van der Waals surface area contributed by atoms with E-state index < -0.39 is 5.82 Å². The van der Waals surface area contributed by atoms with Gasteiger partial charge in [0.25, 0.3) is 0 Å². The fourth-order valence-electron chi connectivity index (χ4n) is 2.19. The van der Waals surface area contributed by atoms with E-state index in [2.05, 4.69) is 25.9 Å². The van der Waals surface area contributed by atoms with Gasteiger partial charge in [-0.15, -0.1) is 11.6 Å². The molecular formula is C14H9BrCl2FN3. The number of imidazole rings is 1. The molecule has 0 aliphatic carbocycles. The summed E-state index contributed by atoms with van der Waals surface area (Å²) >= 11 is 15.5. The minimum absolute atomic E-state index is 0.190. The molecule has 3 aromatic rings. The van der Waals surface area contributed by atoms with Gasteiger partial charge in [-0.2, -0.15) is 0 Å². The van der Waals surface area contributed by atoms with Crippen molar-refractivity contribution in [3.63, 3.8) is 0 Å². The molecule has 0 atom stereocenters. The summed E-state index contributed by atoms with van der Waals surface area (Å²) in [5, 5.41) is 0.259. The zero-order valence-corrected chi connectivity index (χ0v) is 14.0. The Kier molecular flexibility index (Phi) is 3.90. The molecule has 2 aromatic heterocycles. The molecule has 0 spiro atoms. The highest BCUT2D eigenvalue weighted by Crippen LogP contribution is 2.33. The fourth-order valence-corrected chi connectivity index (χ4v) is 3.38. The predicted octanol–water partition coefficient (Wildman–Crippen LogP) is 5.02. The standard InChI is InChI=1S/C14H9BrCl2FN3/c1-7-2-11-14(19-6-7)21(12(5-16)20-11)13-9(15)3-8(18)4-10(13)17/h2-4,6H,5H2,1H3. The summed E-state index contributed by atoms with van der Waals surface area (Å²) in [6.45, 7) is 1.94. The summed E-state index contributed by atoms with van der Waals surface area (Å²) in [6.07, 6.45) is 1.74. The third-order valence-electron chi connectivity index (χ3n) is 3.03. The number of rotatable bonds is 2. The van der Waals surface area contributed by atoms with Crippen molar-refractivity contribution in [3.8, 4) is 5.69 Å². The lowest BCUT2D eigenvalue weighted by Gasteiger charge is -2.11. The third-order valence-corrected chi connectivity index (χ3v) is 4.16. The maximum Gasteiger partial charge on any atom is 0.164 e. The molecule has 0 saturated carbocycles. The van der Waals surface area contributed by atoms with Gasteiger partial charge < -0.3 is 0 Å². The molecule has 3 rings (SSSR count). The first-order chi connectivity index (χ1) is 10.0. The first kappa shape index (κ1) is 14.8. The highest BCUT2D eigenvalue weighted by Gasteiger charge is 2.18. The number of hydrogen-bond donors (Lipinski definition) is 0. The molecule has 0 fully saturated rings. The van der Waals surface area contributed by atoms with Crippen molar-refractivity contribution in [2.45, 2.75) is 12.8 Å². The summed E-state index contributed by atoms with van der Waals surface area (Å²) in [7, 11) is 0. The lowest BCUT2D eigenvalue weighted by molar-refractivity contribution is 0.626. The van der Waals surface area contributed by atoms with Crippen LogP contribution in [-0.4, -0.2) is 14.5 Å².